The molecule has 0 unspecified atom stereocenters. The van der Waals surface area contributed by atoms with Crippen LogP contribution >= 0.6 is 0 Å². The van der Waals surface area contributed by atoms with E-state index in [-0.39, 0.29) is 35.1 Å². The van der Waals surface area contributed by atoms with Crippen molar-refractivity contribution in [1.29, 1.82) is 0 Å². The Morgan fingerprint density at radius 1 is 1.17 bits per heavy atom. The topological polar surface area (TPSA) is 92.8 Å². The number of hydrogen-bond acceptors (Lipinski definition) is 5. The molecule has 0 amide bonds. The lowest BCUT2D eigenvalue weighted by Gasteiger charge is -2.28. The van der Waals surface area contributed by atoms with Crippen molar-refractivity contribution in [2.75, 3.05) is 30.3 Å². The number of benzene rings is 2. The van der Waals surface area contributed by atoms with Gasteiger partial charge in [0.25, 0.3) is 0 Å². The molecule has 1 aliphatic rings. The van der Waals surface area contributed by atoms with Crippen LogP contribution in [0.25, 0.3) is 0 Å². The van der Waals surface area contributed by atoms with Crippen molar-refractivity contribution >= 4 is 25.7 Å². The number of halogens is 1. The van der Waals surface area contributed by atoms with E-state index in [1.165, 1.54) is 35.7 Å². The summed E-state index contributed by atoms with van der Waals surface area (Å²) in [6.07, 6.45) is 1.46. The molecule has 1 fully saturated rings. The number of ether oxygens (including phenoxy) is 1. The molecule has 0 radical (unpaired) electrons. The Labute approximate surface area is 170 Å². The van der Waals surface area contributed by atoms with E-state index >= 15 is 0 Å². The molecule has 3 rings (SSSR count). The van der Waals surface area contributed by atoms with Gasteiger partial charge in [-0.05, 0) is 49.1 Å². The molecule has 1 heterocycles. The first-order valence-corrected chi connectivity index (χ1v) is 12.3. The molecule has 0 saturated carbocycles. The summed E-state index contributed by atoms with van der Waals surface area (Å²) in [5, 5.41) is 0. The first-order chi connectivity index (χ1) is 13.7. The number of methoxy groups -OCH3 is 1. The molecule has 7 nitrogen and oxygen atoms in total. The number of rotatable bonds is 7. The number of sulfonamides is 2. The molecular formula is C19H23FN2O5S2. The zero-order valence-corrected chi connectivity index (χ0v) is 17.6. The maximum atomic E-state index is 13.7. The van der Waals surface area contributed by atoms with Gasteiger partial charge in [-0.3, -0.25) is 4.31 Å². The molecule has 158 valence electrons. The minimum absolute atomic E-state index is 0.0152. The highest BCUT2D eigenvalue weighted by molar-refractivity contribution is 7.92. The first-order valence-electron chi connectivity index (χ1n) is 9.16. The molecule has 2 aromatic carbocycles. The average Bonchev–Trinajstić information content (AvgIpc) is 2.68. The third-order valence-corrected chi connectivity index (χ3v) is 8.07. The summed E-state index contributed by atoms with van der Waals surface area (Å²) >= 11 is 0. The summed E-state index contributed by atoms with van der Waals surface area (Å²) in [5.41, 5.74) is 0.676. The summed E-state index contributed by atoms with van der Waals surface area (Å²) in [5.74, 6) is -0.273. The van der Waals surface area contributed by atoms with Crippen LogP contribution in [-0.4, -0.2) is 42.8 Å². The van der Waals surface area contributed by atoms with Gasteiger partial charge in [0.05, 0.1) is 18.6 Å². The van der Waals surface area contributed by atoms with Gasteiger partial charge in [-0.1, -0.05) is 18.2 Å². The van der Waals surface area contributed by atoms with Gasteiger partial charge < -0.3 is 4.74 Å². The highest BCUT2D eigenvalue weighted by Gasteiger charge is 2.28. The molecule has 29 heavy (non-hydrogen) atoms. The predicted octanol–water partition coefficient (Wildman–Crippen LogP) is 2.29. The zero-order valence-electron chi connectivity index (χ0n) is 16.0. The van der Waals surface area contributed by atoms with Gasteiger partial charge >= 0.3 is 0 Å². The Hall–Kier alpha value is -2.17. The molecule has 1 N–H and O–H groups in total. The second-order valence-corrected chi connectivity index (χ2v) is 10.4. The van der Waals surface area contributed by atoms with Crippen LogP contribution in [0.1, 0.15) is 18.4 Å². The Morgan fingerprint density at radius 2 is 1.93 bits per heavy atom. The summed E-state index contributed by atoms with van der Waals surface area (Å²) < 4.78 is 72.9. The van der Waals surface area contributed by atoms with Crippen molar-refractivity contribution in [2.24, 2.45) is 0 Å². The maximum Gasteiger partial charge on any atom is 0.244 e. The second kappa shape index (κ2) is 8.68. The minimum Gasteiger partial charge on any atom is -0.495 e. The van der Waals surface area contributed by atoms with E-state index in [2.05, 4.69) is 4.72 Å². The fourth-order valence-electron chi connectivity index (χ4n) is 3.21. The van der Waals surface area contributed by atoms with E-state index in [1.54, 1.807) is 18.2 Å². The van der Waals surface area contributed by atoms with Crippen LogP contribution in [0.3, 0.4) is 0 Å². The monoisotopic (exact) mass is 442 g/mol. The predicted molar refractivity (Wildman–Crippen MR) is 109 cm³/mol. The van der Waals surface area contributed by atoms with Crippen molar-refractivity contribution in [1.82, 2.24) is 4.72 Å². The molecule has 1 saturated heterocycles. The molecule has 0 bridgehead atoms. The van der Waals surface area contributed by atoms with Gasteiger partial charge in [-0.15, -0.1) is 0 Å². The molecule has 0 aromatic heterocycles. The number of anilines is 1. The van der Waals surface area contributed by atoms with E-state index in [9.17, 15) is 21.2 Å². The Balaban J connectivity index is 1.84. The van der Waals surface area contributed by atoms with Crippen molar-refractivity contribution in [3.63, 3.8) is 0 Å². The third-order valence-electron chi connectivity index (χ3n) is 4.72. The van der Waals surface area contributed by atoms with Gasteiger partial charge in [-0.25, -0.2) is 25.9 Å². The molecule has 0 atom stereocenters. The summed E-state index contributed by atoms with van der Waals surface area (Å²) in [6, 6.07) is 10.4. The smallest absolute Gasteiger partial charge is 0.244 e. The first kappa shape index (κ1) is 21.5. The molecule has 10 heteroatoms. The highest BCUT2D eigenvalue weighted by atomic mass is 32.2. The van der Waals surface area contributed by atoms with E-state index in [0.29, 0.717) is 24.9 Å². The van der Waals surface area contributed by atoms with E-state index in [0.717, 1.165) is 0 Å². The molecule has 0 aliphatic carbocycles. The number of hydrogen-bond donors (Lipinski definition) is 1. The quantitative estimate of drug-likeness (QED) is 0.710. The van der Waals surface area contributed by atoms with E-state index in [4.69, 9.17) is 4.74 Å². The summed E-state index contributed by atoms with van der Waals surface area (Å²) in [4.78, 5) is -0.160. The fraction of sp³-hybridized carbons (Fsp3) is 0.368. The lowest BCUT2D eigenvalue weighted by atomic mass is 10.1. The van der Waals surface area contributed by atoms with Crippen molar-refractivity contribution in [3.05, 3.63) is 53.8 Å². The van der Waals surface area contributed by atoms with Crippen LogP contribution in [0.4, 0.5) is 10.1 Å². The van der Waals surface area contributed by atoms with E-state index in [1.807, 2.05) is 0 Å². The largest absolute Gasteiger partial charge is 0.495 e. The van der Waals surface area contributed by atoms with Crippen LogP contribution < -0.4 is 13.8 Å². The normalized spacial score (nSPS) is 16.6. The number of nitrogens with one attached hydrogen (secondary N) is 1. The molecule has 1 aliphatic heterocycles. The minimum atomic E-state index is -4.00. The lowest BCUT2D eigenvalue weighted by Crippen LogP contribution is -2.38. The van der Waals surface area contributed by atoms with Crippen LogP contribution in [0.15, 0.2) is 47.4 Å². The van der Waals surface area contributed by atoms with Gasteiger partial charge in [0.15, 0.2) is 0 Å². The van der Waals surface area contributed by atoms with Crippen LogP contribution in [0, 0.1) is 5.82 Å². The Kier molecular flexibility index (Phi) is 6.45. The van der Waals surface area contributed by atoms with Crippen molar-refractivity contribution < 1.29 is 26.0 Å². The van der Waals surface area contributed by atoms with Gasteiger partial charge in [0.1, 0.15) is 16.5 Å². The van der Waals surface area contributed by atoms with Crippen LogP contribution in [0.2, 0.25) is 0 Å². The summed E-state index contributed by atoms with van der Waals surface area (Å²) in [6.45, 7) is 0.285. The fourth-order valence-corrected chi connectivity index (χ4v) is 6.06. The molecule has 2 aromatic rings. The van der Waals surface area contributed by atoms with Crippen LogP contribution in [0.5, 0.6) is 5.75 Å². The SMILES string of the molecule is COc1ccc(N2CCCCS2(=O)=O)cc1S(=O)(=O)NCCc1ccccc1F. The lowest BCUT2D eigenvalue weighted by molar-refractivity contribution is 0.402. The highest BCUT2D eigenvalue weighted by Crippen LogP contribution is 2.31. The molecule has 0 spiro atoms. The van der Waals surface area contributed by atoms with Gasteiger partial charge in [-0.2, -0.15) is 0 Å². The van der Waals surface area contributed by atoms with Gasteiger partial charge in [0, 0.05) is 13.1 Å². The Bertz CT molecular complexity index is 1090. The second-order valence-electron chi connectivity index (χ2n) is 6.67. The van der Waals surface area contributed by atoms with Crippen molar-refractivity contribution in [3.8, 4) is 5.75 Å². The summed E-state index contributed by atoms with van der Waals surface area (Å²) in [7, 11) is -6.15. The van der Waals surface area contributed by atoms with Crippen LogP contribution in [-0.2, 0) is 26.5 Å². The van der Waals surface area contributed by atoms with Crippen molar-refractivity contribution in [2.45, 2.75) is 24.2 Å². The average molecular weight is 443 g/mol. The maximum absolute atomic E-state index is 13.7. The third kappa shape index (κ3) is 4.88. The molecular weight excluding hydrogens is 419 g/mol. The standard InChI is InChI=1S/C19H23FN2O5S2/c1-27-18-9-8-16(22-12-4-5-13-28(22,23)24)14-19(18)29(25,26)21-11-10-15-6-2-3-7-17(15)20/h2-3,6-9,14,21H,4-5,10-13H2,1H3. The zero-order chi connectivity index (χ0) is 21.1. The van der Waals surface area contributed by atoms with E-state index < -0.39 is 25.9 Å². The van der Waals surface area contributed by atoms with Gasteiger partial charge in [0.2, 0.25) is 20.0 Å². The number of nitrogens with zero attached hydrogens (tertiary/aromatic N) is 1. The Morgan fingerprint density at radius 3 is 2.62 bits per heavy atom.